The van der Waals surface area contributed by atoms with E-state index in [2.05, 4.69) is 77.6 Å². The van der Waals surface area contributed by atoms with Crippen LogP contribution in [-0.4, -0.2) is 42.1 Å². The van der Waals surface area contributed by atoms with Crippen LogP contribution in [0.4, 0.5) is 0 Å². The van der Waals surface area contributed by atoms with Gasteiger partial charge in [-0.15, -0.1) is 0 Å². The van der Waals surface area contributed by atoms with Crippen LogP contribution < -0.4 is 4.74 Å². The van der Waals surface area contributed by atoms with Gasteiger partial charge in [0.2, 0.25) is 0 Å². The summed E-state index contributed by atoms with van der Waals surface area (Å²) in [5.74, 6) is 1.53. The Labute approximate surface area is 225 Å². The molecule has 3 aromatic carbocycles. The molecular formula is C32H36N4O2. The molecule has 0 aliphatic carbocycles. The summed E-state index contributed by atoms with van der Waals surface area (Å²) >= 11 is 0. The molecular weight excluding hydrogens is 472 g/mol. The van der Waals surface area contributed by atoms with Gasteiger partial charge in [0.1, 0.15) is 12.4 Å². The van der Waals surface area contributed by atoms with Crippen LogP contribution in [0.5, 0.6) is 5.75 Å². The van der Waals surface area contributed by atoms with Crippen molar-refractivity contribution in [3.8, 4) is 11.8 Å². The zero-order valence-electron chi connectivity index (χ0n) is 22.4. The summed E-state index contributed by atoms with van der Waals surface area (Å²) in [6.45, 7) is 4.54. The Hall–Kier alpha value is -3.66. The van der Waals surface area contributed by atoms with Crippen molar-refractivity contribution in [1.82, 2.24) is 15.0 Å². The van der Waals surface area contributed by atoms with E-state index in [0.29, 0.717) is 18.1 Å². The average molecular weight is 509 g/mol. The Kier molecular flexibility index (Phi) is 8.37. The number of aryl methyl sites for hydroxylation is 1. The van der Waals surface area contributed by atoms with E-state index >= 15 is 0 Å². The molecule has 38 heavy (non-hydrogen) atoms. The van der Waals surface area contributed by atoms with Gasteiger partial charge in [-0.3, -0.25) is 4.90 Å². The number of hydrogen-bond donors (Lipinski definition) is 0. The van der Waals surface area contributed by atoms with E-state index in [1.54, 1.807) is 0 Å². The van der Waals surface area contributed by atoms with Gasteiger partial charge in [0.25, 0.3) is 0 Å². The van der Waals surface area contributed by atoms with E-state index < -0.39 is 0 Å². The number of fused-ring (bicyclic) bond motifs is 1. The normalized spacial score (nSPS) is 14.7. The second-order valence-electron chi connectivity index (χ2n) is 10.7. The first-order valence-electron chi connectivity index (χ1n) is 13.5. The molecule has 1 aromatic heterocycles. The zero-order valence-corrected chi connectivity index (χ0v) is 22.4. The van der Waals surface area contributed by atoms with Crippen LogP contribution in [-0.2, 0) is 26.1 Å². The summed E-state index contributed by atoms with van der Waals surface area (Å²) in [6.07, 6.45) is 4.50. The highest BCUT2D eigenvalue weighted by Crippen LogP contribution is 2.31. The van der Waals surface area contributed by atoms with Crippen molar-refractivity contribution in [2.24, 2.45) is 5.92 Å². The molecule has 196 valence electrons. The maximum absolute atomic E-state index is 9.04. The molecule has 1 aliphatic heterocycles. The number of rotatable bonds is 10. The number of benzene rings is 3. The maximum Gasteiger partial charge on any atom is 0.171 e. The van der Waals surface area contributed by atoms with E-state index in [4.69, 9.17) is 14.5 Å². The van der Waals surface area contributed by atoms with E-state index in [9.17, 15) is 0 Å². The number of aromatic nitrogens is 1. The summed E-state index contributed by atoms with van der Waals surface area (Å²) in [7, 11) is 4.11. The minimum atomic E-state index is 0.445. The molecule has 1 fully saturated rings. The smallest absolute Gasteiger partial charge is 0.171 e. The Morgan fingerprint density at radius 2 is 1.79 bits per heavy atom. The number of hydrogen-bond acceptors (Lipinski definition) is 6. The van der Waals surface area contributed by atoms with Crippen molar-refractivity contribution < 1.29 is 9.26 Å². The number of nitriles is 1. The fraction of sp³-hybridized carbons (Fsp3) is 0.375. The van der Waals surface area contributed by atoms with Crippen molar-refractivity contribution in [1.29, 1.82) is 5.26 Å². The van der Waals surface area contributed by atoms with Crippen molar-refractivity contribution >= 4 is 11.0 Å². The second kappa shape index (κ2) is 12.3. The van der Waals surface area contributed by atoms with Crippen molar-refractivity contribution in [3.63, 3.8) is 0 Å². The fourth-order valence-electron chi connectivity index (χ4n) is 5.31. The number of nitrogens with zero attached hydrogens (tertiary/aromatic N) is 4. The van der Waals surface area contributed by atoms with Crippen LogP contribution in [0.1, 0.15) is 47.2 Å². The maximum atomic E-state index is 9.04. The highest BCUT2D eigenvalue weighted by atomic mass is 16.5. The quantitative estimate of drug-likeness (QED) is 0.255. The largest absolute Gasteiger partial charge is 0.489 e. The molecule has 6 nitrogen and oxygen atoms in total. The van der Waals surface area contributed by atoms with E-state index in [0.717, 1.165) is 72.6 Å². The summed E-state index contributed by atoms with van der Waals surface area (Å²) in [5, 5.41) is 14.6. The summed E-state index contributed by atoms with van der Waals surface area (Å²) in [4.78, 5) is 4.70. The molecule has 5 rings (SSSR count). The predicted molar refractivity (Wildman–Crippen MR) is 150 cm³/mol. The van der Waals surface area contributed by atoms with Gasteiger partial charge >= 0.3 is 0 Å². The van der Waals surface area contributed by atoms with Gasteiger partial charge in [-0.05, 0) is 94.2 Å². The molecule has 0 unspecified atom stereocenters. The summed E-state index contributed by atoms with van der Waals surface area (Å²) < 4.78 is 12.1. The van der Waals surface area contributed by atoms with Crippen LogP contribution >= 0.6 is 0 Å². The Morgan fingerprint density at radius 1 is 1.03 bits per heavy atom. The Morgan fingerprint density at radius 3 is 2.50 bits per heavy atom. The first-order chi connectivity index (χ1) is 18.6. The van der Waals surface area contributed by atoms with Crippen molar-refractivity contribution in [3.05, 3.63) is 94.7 Å². The molecule has 6 heteroatoms. The highest BCUT2D eigenvalue weighted by Gasteiger charge is 2.21. The molecule has 4 aromatic rings. The Balaban J connectivity index is 1.23. The second-order valence-corrected chi connectivity index (χ2v) is 10.7. The number of piperidine rings is 1. The van der Waals surface area contributed by atoms with Crippen LogP contribution in [0.15, 0.2) is 71.3 Å². The molecule has 0 N–H and O–H groups in total. The lowest BCUT2D eigenvalue weighted by Crippen LogP contribution is -2.33. The van der Waals surface area contributed by atoms with Crippen LogP contribution in [0.2, 0.25) is 0 Å². The topological polar surface area (TPSA) is 65.5 Å². The van der Waals surface area contributed by atoms with E-state index in [1.807, 2.05) is 24.3 Å². The monoisotopic (exact) mass is 508 g/mol. The van der Waals surface area contributed by atoms with Gasteiger partial charge in [0.15, 0.2) is 5.58 Å². The molecule has 2 heterocycles. The van der Waals surface area contributed by atoms with Gasteiger partial charge in [0.05, 0.1) is 17.3 Å². The van der Waals surface area contributed by atoms with E-state index in [1.165, 1.54) is 18.4 Å². The number of ether oxygens (including phenoxy) is 1. The summed E-state index contributed by atoms with van der Waals surface area (Å²) in [6, 6.07) is 24.6. The predicted octanol–water partition coefficient (Wildman–Crippen LogP) is 6.18. The molecule has 1 aliphatic rings. The molecule has 0 bridgehead atoms. The molecule has 0 spiro atoms. The van der Waals surface area contributed by atoms with Gasteiger partial charge in [0, 0.05) is 24.0 Å². The first kappa shape index (κ1) is 26.0. The lowest BCUT2D eigenvalue weighted by molar-refractivity contribution is 0.172. The van der Waals surface area contributed by atoms with Gasteiger partial charge in [-0.25, -0.2) is 0 Å². The number of likely N-dealkylation sites (tertiary alicyclic amines) is 1. The Bertz CT molecular complexity index is 1360. The molecule has 0 radical (unpaired) electrons. The van der Waals surface area contributed by atoms with Crippen LogP contribution in [0, 0.1) is 17.2 Å². The third kappa shape index (κ3) is 6.61. The highest BCUT2D eigenvalue weighted by molar-refractivity contribution is 5.84. The minimum absolute atomic E-state index is 0.445. The SMILES string of the molecule is CN(C)Cc1cc(OCc2ccc(C#N)cc2)cc2c(CCC3CCN(Cc4ccccc4)CC3)noc12. The van der Waals surface area contributed by atoms with Crippen LogP contribution in [0.3, 0.4) is 0 Å². The standard InChI is InChI=1S/C32H36N4O2/c1-35(2)22-28-18-29(37-23-27-10-8-25(20-33)9-11-27)19-30-31(34-38-32(28)30)13-12-24-14-16-36(17-15-24)21-26-6-4-3-5-7-26/h3-11,18-19,24H,12-17,21-23H2,1-2H3. The lowest BCUT2D eigenvalue weighted by Gasteiger charge is -2.32. The zero-order chi connectivity index (χ0) is 26.3. The summed E-state index contributed by atoms with van der Waals surface area (Å²) in [5.41, 5.74) is 6.04. The fourth-order valence-corrected chi connectivity index (χ4v) is 5.31. The average Bonchev–Trinajstić information content (AvgIpc) is 3.35. The third-order valence-corrected chi connectivity index (χ3v) is 7.42. The molecule has 1 saturated heterocycles. The minimum Gasteiger partial charge on any atom is -0.489 e. The lowest BCUT2D eigenvalue weighted by atomic mass is 9.91. The van der Waals surface area contributed by atoms with Gasteiger partial charge in [-0.1, -0.05) is 47.6 Å². The molecule has 0 amide bonds. The van der Waals surface area contributed by atoms with Crippen molar-refractivity contribution in [2.75, 3.05) is 27.2 Å². The van der Waals surface area contributed by atoms with Gasteiger partial charge < -0.3 is 14.2 Å². The first-order valence-corrected chi connectivity index (χ1v) is 13.5. The van der Waals surface area contributed by atoms with Crippen LogP contribution in [0.25, 0.3) is 11.0 Å². The van der Waals surface area contributed by atoms with E-state index in [-0.39, 0.29) is 0 Å². The molecule has 0 atom stereocenters. The van der Waals surface area contributed by atoms with Gasteiger partial charge in [-0.2, -0.15) is 5.26 Å². The van der Waals surface area contributed by atoms with Crippen molar-refractivity contribution in [2.45, 2.75) is 45.4 Å². The third-order valence-electron chi connectivity index (χ3n) is 7.42. The molecule has 0 saturated carbocycles.